The zero-order valence-electron chi connectivity index (χ0n) is 11.3. The van der Waals surface area contributed by atoms with Crippen molar-refractivity contribution in [1.82, 2.24) is 10.3 Å². The molecule has 0 aliphatic carbocycles. The summed E-state index contributed by atoms with van der Waals surface area (Å²) >= 11 is 3.61. The van der Waals surface area contributed by atoms with Gasteiger partial charge in [-0.05, 0) is 0 Å². The topological polar surface area (TPSA) is 44.9 Å². The number of hydrogen-bond donors (Lipinski definition) is 2. The van der Waals surface area contributed by atoms with Crippen molar-refractivity contribution in [1.29, 1.82) is 0 Å². The second-order valence-corrected chi connectivity index (χ2v) is 7.77. The van der Waals surface area contributed by atoms with Crippen LogP contribution >= 0.6 is 15.9 Å². The summed E-state index contributed by atoms with van der Waals surface area (Å²) in [4.78, 5) is 15.3. The van der Waals surface area contributed by atoms with Gasteiger partial charge in [0, 0.05) is 0 Å². The fraction of sp³-hybridized carbons (Fsp3) is 0.0625. The molecule has 1 amide bonds. The monoisotopic (exact) mass is 408 g/mol. The minimum absolute atomic E-state index is 0.0481. The van der Waals surface area contributed by atoms with E-state index in [0.717, 1.165) is 20.9 Å². The summed E-state index contributed by atoms with van der Waals surface area (Å²) in [6, 6.07) is 14.1. The molecule has 0 aliphatic heterocycles. The van der Waals surface area contributed by atoms with E-state index >= 15 is 0 Å². The van der Waals surface area contributed by atoms with Gasteiger partial charge in [0.15, 0.2) is 0 Å². The van der Waals surface area contributed by atoms with Gasteiger partial charge in [-0.3, -0.25) is 0 Å². The van der Waals surface area contributed by atoms with Crippen molar-refractivity contribution in [2.24, 2.45) is 0 Å². The van der Waals surface area contributed by atoms with Gasteiger partial charge in [0.1, 0.15) is 0 Å². The summed E-state index contributed by atoms with van der Waals surface area (Å²) in [6.07, 6.45) is 2.01. The summed E-state index contributed by atoms with van der Waals surface area (Å²) in [6.45, 7) is 0. The predicted octanol–water partition coefficient (Wildman–Crippen LogP) is 1.94. The number of amides is 1. The van der Waals surface area contributed by atoms with E-state index in [1.165, 1.54) is 8.92 Å². The Morgan fingerprint density at radius 1 is 1.19 bits per heavy atom. The van der Waals surface area contributed by atoms with Crippen LogP contribution in [0.2, 0.25) is 0 Å². The van der Waals surface area contributed by atoms with Crippen LogP contribution in [0.25, 0.3) is 10.9 Å². The molecule has 5 heteroatoms. The van der Waals surface area contributed by atoms with Gasteiger partial charge in [-0.2, -0.15) is 0 Å². The molecule has 0 saturated carbocycles. The van der Waals surface area contributed by atoms with Crippen molar-refractivity contribution >= 4 is 56.6 Å². The van der Waals surface area contributed by atoms with E-state index in [4.69, 9.17) is 0 Å². The molecule has 0 bridgehead atoms. The van der Waals surface area contributed by atoms with E-state index in [0.29, 0.717) is 0 Å². The van der Waals surface area contributed by atoms with Crippen LogP contribution < -0.4 is 14.2 Å². The van der Waals surface area contributed by atoms with Crippen LogP contribution in [0.3, 0.4) is 0 Å². The van der Waals surface area contributed by atoms with E-state index < -0.39 is 0 Å². The van der Waals surface area contributed by atoms with E-state index in [-0.39, 0.29) is 20.9 Å². The number of H-pyrrole nitrogens is 1. The molecule has 3 aromatic rings. The number of nitrogens with one attached hydrogen (secondary N) is 2. The van der Waals surface area contributed by atoms with Crippen molar-refractivity contribution in [3.63, 3.8) is 0 Å². The van der Waals surface area contributed by atoms with Crippen molar-refractivity contribution in [2.75, 3.05) is 7.05 Å². The van der Waals surface area contributed by atoms with Gasteiger partial charge < -0.3 is 0 Å². The molecule has 3 rings (SSSR count). The minimum atomic E-state index is -0.0481. The van der Waals surface area contributed by atoms with E-state index in [2.05, 4.69) is 38.4 Å². The Kier molecular flexibility index (Phi) is 4.15. The standard InChI is InChI=1S/C16H13BrN2OSe/c1-18-16(20)12-3-2-4-13-15(12)14(9-19-13)21-11-7-5-10(17)6-8-11/h2-9,19H,1H3,(H,18,20). The summed E-state index contributed by atoms with van der Waals surface area (Å²) in [5.41, 5.74) is 1.73. The van der Waals surface area contributed by atoms with Gasteiger partial charge in [0.2, 0.25) is 0 Å². The molecule has 1 aromatic heterocycles. The maximum atomic E-state index is 12.1. The molecular formula is C16H13BrN2OSe. The molecule has 3 nitrogen and oxygen atoms in total. The molecular weight excluding hydrogens is 395 g/mol. The third-order valence-electron chi connectivity index (χ3n) is 3.18. The third-order valence-corrected chi connectivity index (χ3v) is 5.91. The van der Waals surface area contributed by atoms with E-state index in [9.17, 15) is 4.79 Å². The quantitative estimate of drug-likeness (QED) is 0.640. The van der Waals surface area contributed by atoms with Crippen molar-refractivity contribution in [2.45, 2.75) is 0 Å². The molecule has 0 unspecified atom stereocenters. The number of benzene rings is 2. The number of aromatic amines is 1. The number of halogens is 1. The number of aromatic nitrogens is 1. The summed E-state index contributed by atoms with van der Waals surface area (Å²) in [5, 5.41) is 3.74. The summed E-state index contributed by atoms with van der Waals surface area (Å²) in [5.74, 6) is -0.0481. The summed E-state index contributed by atoms with van der Waals surface area (Å²) < 4.78 is 3.55. The number of carbonyl (C=O) groups is 1. The molecule has 0 atom stereocenters. The third kappa shape index (κ3) is 2.91. The fourth-order valence-electron chi connectivity index (χ4n) is 2.19. The van der Waals surface area contributed by atoms with Crippen LogP contribution in [-0.4, -0.2) is 32.9 Å². The van der Waals surface area contributed by atoms with Crippen LogP contribution in [0.15, 0.2) is 53.1 Å². The van der Waals surface area contributed by atoms with Crippen LogP contribution in [0.1, 0.15) is 10.4 Å². The predicted molar refractivity (Wildman–Crippen MR) is 90.9 cm³/mol. The molecule has 1 heterocycles. The molecule has 2 aromatic carbocycles. The first-order valence-electron chi connectivity index (χ1n) is 6.44. The SMILES string of the molecule is CNC(=O)c1cccc2[nH]cc([Se]c3ccc(Br)cc3)c12. The molecule has 2 N–H and O–H groups in total. The number of carbonyl (C=O) groups excluding carboxylic acids is 1. The van der Waals surface area contributed by atoms with Crippen LogP contribution in [0.4, 0.5) is 0 Å². The maximum absolute atomic E-state index is 12.1. The summed E-state index contributed by atoms with van der Waals surface area (Å²) in [7, 11) is 1.66. The van der Waals surface area contributed by atoms with Crippen molar-refractivity contribution < 1.29 is 4.79 Å². The first-order valence-corrected chi connectivity index (χ1v) is 8.95. The molecule has 106 valence electrons. The Morgan fingerprint density at radius 3 is 2.67 bits per heavy atom. The van der Waals surface area contributed by atoms with Crippen molar-refractivity contribution in [3.05, 3.63) is 58.7 Å². The number of rotatable bonds is 3. The normalized spacial score (nSPS) is 10.8. The first-order chi connectivity index (χ1) is 10.2. The average molecular weight is 408 g/mol. The van der Waals surface area contributed by atoms with Gasteiger partial charge >= 0.3 is 137 Å². The molecule has 0 saturated heterocycles. The average Bonchev–Trinajstić information content (AvgIpc) is 2.92. The van der Waals surface area contributed by atoms with Crippen LogP contribution in [0, 0.1) is 0 Å². The zero-order chi connectivity index (χ0) is 14.8. The van der Waals surface area contributed by atoms with Gasteiger partial charge in [0.25, 0.3) is 0 Å². The van der Waals surface area contributed by atoms with Crippen molar-refractivity contribution in [3.8, 4) is 0 Å². The second kappa shape index (κ2) is 6.06. The number of hydrogen-bond acceptors (Lipinski definition) is 1. The molecule has 0 aliphatic rings. The fourth-order valence-corrected chi connectivity index (χ4v) is 4.48. The second-order valence-electron chi connectivity index (χ2n) is 4.52. The Balaban J connectivity index is 2.06. The Hall–Kier alpha value is -1.55. The van der Waals surface area contributed by atoms with E-state index in [1.807, 2.05) is 36.5 Å². The molecule has 21 heavy (non-hydrogen) atoms. The molecule has 0 fully saturated rings. The van der Waals surface area contributed by atoms with Gasteiger partial charge in [-0.15, -0.1) is 0 Å². The van der Waals surface area contributed by atoms with E-state index in [1.54, 1.807) is 7.05 Å². The van der Waals surface area contributed by atoms with Gasteiger partial charge in [-0.1, -0.05) is 0 Å². The van der Waals surface area contributed by atoms with Crippen LogP contribution in [0.5, 0.6) is 0 Å². The molecule has 0 radical (unpaired) electrons. The number of fused-ring (bicyclic) bond motifs is 1. The Bertz CT molecular complexity index is 796. The first kappa shape index (κ1) is 14.4. The zero-order valence-corrected chi connectivity index (χ0v) is 14.6. The Morgan fingerprint density at radius 2 is 1.95 bits per heavy atom. The Labute approximate surface area is 137 Å². The van der Waals surface area contributed by atoms with Gasteiger partial charge in [-0.25, -0.2) is 0 Å². The van der Waals surface area contributed by atoms with Crippen LogP contribution in [-0.2, 0) is 0 Å². The van der Waals surface area contributed by atoms with Gasteiger partial charge in [0.05, 0.1) is 0 Å². The molecule has 0 spiro atoms.